The molecule has 0 atom stereocenters. The van der Waals surface area contributed by atoms with Crippen LogP contribution in [-0.4, -0.2) is 46.9 Å². The summed E-state index contributed by atoms with van der Waals surface area (Å²) in [6, 6.07) is 2.06. The number of aryl methyl sites for hydroxylation is 2. The first-order valence-electron chi connectivity index (χ1n) is 10.1. The molecule has 0 aliphatic heterocycles. The van der Waals surface area contributed by atoms with Crippen LogP contribution in [0.5, 0.6) is 0 Å². The lowest BCUT2D eigenvalue weighted by molar-refractivity contribution is 0.0584. The molecule has 0 spiro atoms. The van der Waals surface area contributed by atoms with Gasteiger partial charge in [0.2, 0.25) is 5.95 Å². The van der Waals surface area contributed by atoms with E-state index in [4.69, 9.17) is 9.72 Å². The zero-order valence-corrected chi connectivity index (χ0v) is 17.2. The van der Waals surface area contributed by atoms with Crippen LogP contribution in [0.2, 0.25) is 0 Å². The van der Waals surface area contributed by atoms with Crippen molar-refractivity contribution < 1.29 is 4.74 Å². The molecule has 30 heavy (non-hydrogen) atoms. The van der Waals surface area contributed by atoms with Crippen LogP contribution in [0, 0.1) is 6.92 Å². The van der Waals surface area contributed by atoms with Crippen molar-refractivity contribution in [2.24, 2.45) is 7.05 Å². The van der Waals surface area contributed by atoms with Crippen molar-refractivity contribution in [2.45, 2.75) is 44.8 Å². The predicted molar refractivity (Wildman–Crippen MR) is 112 cm³/mol. The summed E-state index contributed by atoms with van der Waals surface area (Å²) < 4.78 is 10.6. The maximum absolute atomic E-state index is 13.0. The largest absolute Gasteiger partial charge is 0.381 e. The van der Waals surface area contributed by atoms with Crippen molar-refractivity contribution in [2.75, 3.05) is 12.4 Å². The molecule has 156 valence electrons. The van der Waals surface area contributed by atoms with Crippen molar-refractivity contribution in [3.05, 3.63) is 40.8 Å². The topological polar surface area (TPSA) is 104 Å². The summed E-state index contributed by atoms with van der Waals surface area (Å²) in [7, 11) is 3.51. The second-order valence-corrected chi connectivity index (χ2v) is 7.84. The Morgan fingerprint density at radius 2 is 2.00 bits per heavy atom. The van der Waals surface area contributed by atoms with E-state index in [1.807, 2.05) is 23.8 Å². The molecular formula is C20H24N8O2. The van der Waals surface area contributed by atoms with Crippen LogP contribution in [-0.2, 0) is 11.8 Å². The van der Waals surface area contributed by atoms with Crippen LogP contribution >= 0.6 is 0 Å². The minimum absolute atomic E-state index is 0.0578. The Labute approximate surface area is 172 Å². The van der Waals surface area contributed by atoms with E-state index in [1.165, 1.54) is 6.33 Å². The predicted octanol–water partition coefficient (Wildman–Crippen LogP) is 2.35. The van der Waals surface area contributed by atoms with Crippen LogP contribution in [0.1, 0.15) is 37.3 Å². The number of rotatable bonds is 4. The molecular weight excluding hydrogens is 384 g/mol. The number of methoxy groups -OCH3 is 1. The van der Waals surface area contributed by atoms with Crippen molar-refractivity contribution in [1.29, 1.82) is 0 Å². The third kappa shape index (κ3) is 3.04. The van der Waals surface area contributed by atoms with Crippen molar-refractivity contribution in [3.63, 3.8) is 0 Å². The van der Waals surface area contributed by atoms with E-state index < -0.39 is 0 Å². The second-order valence-electron chi connectivity index (χ2n) is 7.84. The molecule has 10 heteroatoms. The fourth-order valence-electron chi connectivity index (χ4n) is 4.27. The molecule has 10 nitrogen and oxygen atoms in total. The third-order valence-electron chi connectivity index (χ3n) is 6.04. The van der Waals surface area contributed by atoms with Gasteiger partial charge in [-0.3, -0.25) is 9.13 Å². The highest BCUT2D eigenvalue weighted by molar-refractivity contribution is 5.73. The van der Waals surface area contributed by atoms with E-state index in [9.17, 15) is 4.79 Å². The third-order valence-corrected chi connectivity index (χ3v) is 6.04. The fraction of sp³-hybridized carbons (Fsp3) is 0.450. The minimum Gasteiger partial charge on any atom is -0.381 e. The first-order chi connectivity index (χ1) is 14.5. The van der Waals surface area contributed by atoms with E-state index in [1.54, 1.807) is 29.4 Å². The first kappa shape index (κ1) is 18.7. The molecule has 0 amide bonds. The van der Waals surface area contributed by atoms with E-state index in [0.717, 1.165) is 48.1 Å². The van der Waals surface area contributed by atoms with E-state index in [-0.39, 0.29) is 17.8 Å². The van der Waals surface area contributed by atoms with E-state index in [0.29, 0.717) is 11.6 Å². The Bertz CT molecular complexity index is 1280. The number of ether oxygens (including phenoxy) is 1. The highest BCUT2D eigenvalue weighted by Crippen LogP contribution is 2.31. The van der Waals surface area contributed by atoms with Crippen LogP contribution < -0.4 is 11.0 Å². The Morgan fingerprint density at radius 3 is 2.77 bits per heavy atom. The molecule has 4 aromatic heterocycles. The number of fused-ring (bicyclic) bond motifs is 2. The molecule has 0 unspecified atom stereocenters. The number of hydrogen-bond acceptors (Lipinski definition) is 7. The van der Waals surface area contributed by atoms with Gasteiger partial charge in [0.1, 0.15) is 11.8 Å². The van der Waals surface area contributed by atoms with Gasteiger partial charge in [0.05, 0.1) is 24.2 Å². The lowest BCUT2D eigenvalue weighted by atomic mass is 9.93. The summed E-state index contributed by atoms with van der Waals surface area (Å²) in [5, 5.41) is 7.45. The molecule has 0 aromatic carbocycles. The quantitative estimate of drug-likeness (QED) is 0.553. The molecule has 4 aromatic rings. The van der Waals surface area contributed by atoms with Gasteiger partial charge in [-0.05, 0) is 44.2 Å². The van der Waals surface area contributed by atoms with E-state index in [2.05, 4.69) is 20.4 Å². The van der Waals surface area contributed by atoms with Crippen molar-refractivity contribution in [1.82, 2.24) is 33.7 Å². The summed E-state index contributed by atoms with van der Waals surface area (Å²) in [5.74, 6) is 0.440. The maximum Gasteiger partial charge on any atom is 0.330 e. The number of nitrogens with zero attached hydrogens (tertiary/aromatic N) is 7. The summed E-state index contributed by atoms with van der Waals surface area (Å²) in [4.78, 5) is 26.3. The average Bonchev–Trinajstić information content (AvgIpc) is 3.30. The normalized spacial score (nSPS) is 19.6. The molecule has 1 N–H and O–H groups in total. The van der Waals surface area contributed by atoms with Crippen molar-refractivity contribution >= 4 is 28.4 Å². The second kappa shape index (κ2) is 7.21. The van der Waals surface area contributed by atoms with Gasteiger partial charge in [0.25, 0.3) is 0 Å². The van der Waals surface area contributed by atoms with Gasteiger partial charge < -0.3 is 10.1 Å². The lowest BCUT2D eigenvalue weighted by Gasteiger charge is -2.28. The van der Waals surface area contributed by atoms with Gasteiger partial charge in [-0.2, -0.15) is 10.1 Å². The standard InChI is InChI=1S/C20H24N8O2/c1-12-8-17-22-11-23-27(17)10-15(12)24-19-21-9-16-18(25-19)28(20(29)26(16)2)13-4-6-14(30-3)7-5-13/h8-11,13-14H,4-7H2,1-3H3,(H,21,24,25)/t13-,14+. The highest BCUT2D eigenvalue weighted by Gasteiger charge is 2.26. The Morgan fingerprint density at radius 1 is 1.20 bits per heavy atom. The summed E-state index contributed by atoms with van der Waals surface area (Å²) in [6.07, 6.45) is 9.02. The monoisotopic (exact) mass is 408 g/mol. The van der Waals surface area contributed by atoms with Crippen molar-refractivity contribution in [3.8, 4) is 0 Å². The average molecular weight is 408 g/mol. The smallest absolute Gasteiger partial charge is 0.330 e. The molecule has 0 bridgehead atoms. The number of hydrogen-bond donors (Lipinski definition) is 1. The van der Waals surface area contributed by atoms with Gasteiger partial charge in [-0.25, -0.2) is 19.3 Å². The zero-order chi connectivity index (χ0) is 20.8. The molecule has 1 aliphatic carbocycles. The van der Waals surface area contributed by atoms with Gasteiger partial charge in [0.15, 0.2) is 11.3 Å². The number of pyridine rings is 1. The van der Waals surface area contributed by atoms with Gasteiger partial charge >= 0.3 is 5.69 Å². The van der Waals surface area contributed by atoms with Gasteiger partial charge in [-0.15, -0.1) is 0 Å². The summed E-state index contributed by atoms with van der Waals surface area (Å²) >= 11 is 0. The lowest BCUT2D eigenvalue weighted by Crippen LogP contribution is -2.30. The van der Waals surface area contributed by atoms with Crippen LogP contribution in [0.3, 0.4) is 0 Å². The highest BCUT2D eigenvalue weighted by atomic mass is 16.5. The van der Waals surface area contributed by atoms with Gasteiger partial charge in [-0.1, -0.05) is 0 Å². The Balaban J connectivity index is 1.53. The summed E-state index contributed by atoms with van der Waals surface area (Å²) in [5.41, 5.74) is 3.93. The molecule has 4 heterocycles. The van der Waals surface area contributed by atoms with Crippen LogP contribution in [0.25, 0.3) is 16.8 Å². The summed E-state index contributed by atoms with van der Waals surface area (Å²) in [6.45, 7) is 1.99. The number of imidazole rings is 1. The molecule has 1 saturated carbocycles. The minimum atomic E-state index is -0.0578. The number of nitrogens with one attached hydrogen (secondary N) is 1. The Hall–Kier alpha value is -3.27. The Kier molecular flexibility index (Phi) is 4.50. The SMILES string of the molecule is CO[C@H]1CC[C@@H](n2c(=O)n(C)c3cnc(Nc4cn5ncnc5cc4C)nc32)CC1. The molecule has 0 radical (unpaired) electrons. The first-order valence-corrected chi connectivity index (χ1v) is 10.1. The molecule has 5 rings (SSSR count). The van der Waals surface area contributed by atoms with E-state index >= 15 is 0 Å². The maximum atomic E-state index is 13.0. The van der Waals surface area contributed by atoms with Gasteiger partial charge in [0, 0.05) is 20.2 Å². The molecule has 1 fully saturated rings. The molecule has 1 aliphatic rings. The van der Waals surface area contributed by atoms with Crippen LogP contribution in [0.4, 0.5) is 11.6 Å². The number of aromatic nitrogens is 7. The number of anilines is 2. The fourth-order valence-corrected chi connectivity index (χ4v) is 4.27. The molecule has 0 saturated heterocycles. The van der Waals surface area contributed by atoms with Crippen LogP contribution in [0.15, 0.2) is 29.6 Å². The zero-order valence-electron chi connectivity index (χ0n) is 17.2.